The first-order chi connectivity index (χ1) is 9.79. The van der Waals surface area contributed by atoms with Crippen LogP contribution in [-0.2, 0) is 11.3 Å². The van der Waals surface area contributed by atoms with Crippen molar-refractivity contribution >= 4 is 5.69 Å². The van der Waals surface area contributed by atoms with Crippen molar-refractivity contribution in [3.05, 3.63) is 29.8 Å². The summed E-state index contributed by atoms with van der Waals surface area (Å²) in [5.41, 5.74) is 2.63. The van der Waals surface area contributed by atoms with E-state index < -0.39 is 0 Å². The average molecular weight is 276 g/mol. The van der Waals surface area contributed by atoms with Gasteiger partial charge in [0.05, 0.1) is 6.10 Å². The molecule has 1 aromatic rings. The summed E-state index contributed by atoms with van der Waals surface area (Å²) in [5, 5.41) is 3.43. The van der Waals surface area contributed by atoms with Gasteiger partial charge in [-0.1, -0.05) is 19.1 Å². The van der Waals surface area contributed by atoms with Gasteiger partial charge in [-0.15, -0.1) is 0 Å². The molecule has 1 atom stereocenters. The predicted octanol–water partition coefficient (Wildman–Crippen LogP) is 3.19. The molecule has 2 rings (SSSR count). The van der Waals surface area contributed by atoms with Gasteiger partial charge in [0.15, 0.2) is 0 Å². The van der Waals surface area contributed by atoms with E-state index in [9.17, 15) is 0 Å². The Labute approximate surface area is 123 Å². The van der Waals surface area contributed by atoms with Gasteiger partial charge < -0.3 is 15.0 Å². The first-order valence-electron chi connectivity index (χ1n) is 7.92. The molecule has 0 aliphatic carbocycles. The molecular formula is C17H28N2O. The topological polar surface area (TPSA) is 24.5 Å². The molecule has 1 N–H and O–H groups in total. The lowest BCUT2D eigenvalue weighted by Gasteiger charge is -2.28. The van der Waals surface area contributed by atoms with Crippen molar-refractivity contribution in [2.24, 2.45) is 0 Å². The molecule has 1 unspecified atom stereocenters. The summed E-state index contributed by atoms with van der Waals surface area (Å²) in [7, 11) is 2.16. The summed E-state index contributed by atoms with van der Waals surface area (Å²) in [5.74, 6) is 0. The van der Waals surface area contributed by atoms with E-state index in [1.54, 1.807) is 0 Å². The van der Waals surface area contributed by atoms with Crippen LogP contribution in [-0.4, -0.2) is 32.8 Å². The number of hydrogen-bond donors (Lipinski definition) is 1. The highest BCUT2D eigenvalue weighted by atomic mass is 16.5. The Morgan fingerprint density at radius 2 is 2.05 bits per heavy atom. The highest BCUT2D eigenvalue weighted by Gasteiger charge is 2.15. The molecule has 0 aromatic heterocycles. The fraction of sp³-hybridized carbons (Fsp3) is 0.647. The third-order valence-corrected chi connectivity index (χ3v) is 3.88. The minimum absolute atomic E-state index is 0.402. The summed E-state index contributed by atoms with van der Waals surface area (Å²) < 4.78 is 5.81. The zero-order valence-corrected chi connectivity index (χ0v) is 12.9. The van der Waals surface area contributed by atoms with Crippen molar-refractivity contribution in [1.82, 2.24) is 5.32 Å². The lowest BCUT2D eigenvalue weighted by molar-refractivity contribution is 0.0216. The van der Waals surface area contributed by atoms with E-state index in [2.05, 4.69) is 48.5 Å². The SMILES string of the molecule is CCCNCc1ccc(N(C)CC2CCCCO2)cc1. The number of anilines is 1. The first-order valence-corrected chi connectivity index (χ1v) is 7.92. The van der Waals surface area contributed by atoms with Crippen molar-refractivity contribution in [2.75, 3.05) is 31.6 Å². The first kappa shape index (κ1) is 15.3. The van der Waals surface area contributed by atoms with Crippen molar-refractivity contribution < 1.29 is 4.74 Å². The molecular weight excluding hydrogens is 248 g/mol. The smallest absolute Gasteiger partial charge is 0.0749 e. The number of benzene rings is 1. The summed E-state index contributed by atoms with van der Waals surface area (Å²) in [6.45, 7) is 6.16. The second-order valence-electron chi connectivity index (χ2n) is 5.71. The molecule has 1 heterocycles. The van der Waals surface area contributed by atoms with Crippen LogP contribution in [0.2, 0.25) is 0 Å². The lowest BCUT2D eigenvalue weighted by Crippen LogP contribution is -2.33. The van der Waals surface area contributed by atoms with Gasteiger partial charge in [-0.05, 0) is 49.9 Å². The van der Waals surface area contributed by atoms with Crippen LogP contribution in [0.15, 0.2) is 24.3 Å². The van der Waals surface area contributed by atoms with E-state index in [0.717, 1.165) is 26.2 Å². The number of ether oxygens (including phenoxy) is 1. The van der Waals surface area contributed by atoms with E-state index in [1.807, 2.05) is 0 Å². The van der Waals surface area contributed by atoms with Gasteiger partial charge in [0.2, 0.25) is 0 Å². The number of nitrogens with one attached hydrogen (secondary N) is 1. The van der Waals surface area contributed by atoms with Gasteiger partial charge in [0.1, 0.15) is 0 Å². The third kappa shape index (κ3) is 4.80. The normalized spacial score (nSPS) is 19.0. The number of likely N-dealkylation sites (N-methyl/N-ethyl adjacent to an activating group) is 1. The quantitative estimate of drug-likeness (QED) is 0.774. The van der Waals surface area contributed by atoms with Gasteiger partial charge >= 0.3 is 0 Å². The van der Waals surface area contributed by atoms with Crippen LogP contribution in [0.4, 0.5) is 5.69 Å². The van der Waals surface area contributed by atoms with Gasteiger partial charge in [0, 0.05) is 32.4 Å². The number of nitrogens with zero attached hydrogens (tertiary/aromatic N) is 1. The van der Waals surface area contributed by atoms with Crippen molar-refractivity contribution in [3.63, 3.8) is 0 Å². The molecule has 0 amide bonds. The lowest BCUT2D eigenvalue weighted by atomic mass is 10.1. The van der Waals surface area contributed by atoms with Crippen LogP contribution < -0.4 is 10.2 Å². The monoisotopic (exact) mass is 276 g/mol. The molecule has 1 aliphatic heterocycles. The fourth-order valence-electron chi connectivity index (χ4n) is 2.64. The standard InChI is InChI=1S/C17H28N2O/c1-3-11-18-13-15-7-9-16(10-8-15)19(2)14-17-6-4-5-12-20-17/h7-10,17-18H,3-6,11-14H2,1-2H3. The summed E-state index contributed by atoms with van der Waals surface area (Å²) in [6.07, 6.45) is 5.31. The Morgan fingerprint density at radius 1 is 1.25 bits per heavy atom. The highest BCUT2D eigenvalue weighted by molar-refractivity contribution is 5.47. The minimum atomic E-state index is 0.402. The van der Waals surface area contributed by atoms with Crippen molar-refractivity contribution in [3.8, 4) is 0 Å². The molecule has 1 aromatic carbocycles. The largest absolute Gasteiger partial charge is 0.376 e. The summed E-state index contributed by atoms with van der Waals surface area (Å²) >= 11 is 0. The van der Waals surface area contributed by atoms with E-state index in [4.69, 9.17) is 4.74 Å². The van der Waals surface area contributed by atoms with E-state index in [1.165, 1.54) is 36.9 Å². The van der Waals surface area contributed by atoms with Crippen LogP contribution >= 0.6 is 0 Å². The highest BCUT2D eigenvalue weighted by Crippen LogP contribution is 2.18. The van der Waals surface area contributed by atoms with E-state index in [-0.39, 0.29) is 0 Å². The van der Waals surface area contributed by atoms with Gasteiger partial charge in [-0.25, -0.2) is 0 Å². The van der Waals surface area contributed by atoms with Crippen LogP contribution in [0.5, 0.6) is 0 Å². The van der Waals surface area contributed by atoms with Crippen molar-refractivity contribution in [1.29, 1.82) is 0 Å². The summed E-state index contributed by atoms with van der Waals surface area (Å²) in [4.78, 5) is 2.30. The van der Waals surface area contributed by atoms with Gasteiger partial charge in [-0.3, -0.25) is 0 Å². The van der Waals surface area contributed by atoms with Gasteiger partial charge in [-0.2, -0.15) is 0 Å². The zero-order valence-electron chi connectivity index (χ0n) is 12.9. The fourth-order valence-corrected chi connectivity index (χ4v) is 2.64. The Morgan fingerprint density at radius 3 is 2.70 bits per heavy atom. The third-order valence-electron chi connectivity index (χ3n) is 3.88. The van der Waals surface area contributed by atoms with E-state index in [0.29, 0.717) is 6.10 Å². The maximum Gasteiger partial charge on any atom is 0.0749 e. The molecule has 3 nitrogen and oxygen atoms in total. The Hall–Kier alpha value is -1.06. The summed E-state index contributed by atoms with van der Waals surface area (Å²) in [6, 6.07) is 8.87. The van der Waals surface area contributed by atoms with E-state index >= 15 is 0 Å². The molecule has 0 bridgehead atoms. The van der Waals surface area contributed by atoms with Crippen molar-refractivity contribution in [2.45, 2.75) is 45.3 Å². The molecule has 112 valence electrons. The Bertz CT molecular complexity index is 371. The molecule has 20 heavy (non-hydrogen) atoms. The number of hydrogen-bond acceptors (Lipinski definition) is 3. The molecule has 0 spiro atoms. The maximum absolute atomic E-state index is 5.81. The molecule has 3 heteroatoms. The van der Waals surface area contributed by atoms with Crippen LogP contribution in [0.1, 0.15) is 38.2 Å². The Balaban J connectivity index is 1.81. The zero-order chi connectivity index (χ0) is 14.2. The molecule has 1 saturated heterocycles. The van der Waals surface area contributed by atoms with Crippen LogP contribution in [0, 0.1) is 0 Å². The molecule has 1 aliphatic rings. The molecule has 0 saturated carbocycles. The minimum Gasteiger partial charge on any atom is -0.376 e. The molecule has 1 fully saturated rings. The van der Waals surface area contributed by atoms with Crippen LogP contribution in [0.25, 0.3) is 0 Å². The number of rotatable bonds is 7. The van der Waals surface area contributed by atoms with Gasteiger partial charge in [0.25, 0.3) is 0 Å². The maximum atomic E-state index is 5.81. The second kappa shape index (κ2) is 8.28. The average Bonchev–Trinajstić information content (AvgIpc) is 2.49. The molecule has 0 radical (unpaired) electrons. The van der Waals surface area contributed by atoms with Crippen LogP contribution in [0.3, 0.4) is 0 Å². The predicted molar refractivity (Wildman–Crippen MR) is 85.3 cm³/mol. The second-order valence-corrected chi connectivity index (χ2v) is 5.71. The Kier molecular flexibility index (Phi) is 6.34.